The van der Waals surface area contributed by atoms with E-state index in [9.17, 15) is 0 Å². The Hall–Kier alpha value is -0.940. The number of aryl methyl sites for hydroxylation is 1. The zero-order valence-corrected chi connectivity index (χ0v) is 9.36. The second kappa shape index (κ2) is 4.72. The van der Waals surface area contributed by atoms with Crippen molar-refractivity contribution in [1.29, 1.82) is 0 Å². The van der Waals surface area contributed by atoms with E-state index in [1.807, 2.05) is 6.92 Å². The van der Waals surface area contributed by atoms with E-state index in [1.165, 1.54) is 6.42 Å². The Kier molecular flexibility index (Phi) is 3.33. The highest BCUT2D eigenvalue weighted by atomic mass is 16.5. The predicted octanol–water partition coefficient (Wildman–Crippen LogP) is 0.657. The molecule has 1 unspecified atom stereocenters. The van der Waals surface area contributed by atoms with Crippen LogP contribution in [-0.4, -0.2) is 35.0 Å². The van der Waals surface area contributed by atoms with Gasteiger partial charge in [0.25, 0.3) is 0 Å². The number of hydrogen-bond acceptors (Lipinski definition) is 4. The molecule has 2 heterocycles. The van der Waals surface area contributed by atoms with Crippen LogP contribution in [0.3, 0.4) is 0 Å². The summed E-state index contributed by atoms with van der Waals surface area (Å²) in [6.07, 6.45) is 2.38. The van der Waals surface area contributed by atoms with Gasteiger partial charge in [0.05, 0.1) is 12.6 Å². The summed E-state index contributed by atoms with van der Waals surface area (Å²) in [5.74, 6) is 2.03. The first-order valence-electron chi connectivity index (χ1n) is 5.45. The molecule has 0 spiro atoms. The first-order valence-corrected chi connectivity index (χ1v) is 5.45. The van der Waals surface area contributed by atoms with Gasteiger partial charge in [0.2, 0.25) is 0 Å². The highest BCUT2D eigenvalue weighted by Gasteiger charge is 2.22. The van der Waals surface area contributed by atoms with Gasteiger partial charge in [0.1, 0.15) is 11.6 Å². The molecule has 5 nitrogen and oxygen atoms in total. The summed E-state index contributed by atoms with van der Waals surface area (Å²) < 4.78 is 7.24. The minimum atomic E-state index is 0.378. The minimum Gasteiger partial charge on any atom is -0.383 e. The van der Waals surface area contributed by atoms with Crippen molar-refractivity contribution in [2.45, 2.75) is 32.4 Å². The lowest BCUT2D eigenvalue weighted by Crippen LogP contribution is -2.19. The molecule has 84 valence electrons. The number of aromatic nitrogens is 3. The third kappa shape index (κ3) is 2.18. The Bertz CT molecular complexity index is 317. The lowest BCUT2D eigenvalue weighted by molar-refractivity contribution is 0.185. The number of nitrogens with one attached hydrogen (secondary N) is 1. The summed E-state index contributed by atoms with van der Waals surface area (Å²) >= 11 is 0. The number of methoxy groups -OCH3 is 1. The lowest BCUT2D eigenvalue weighted by Gasteiger charge is -2.12. The van der Waals surface area contributed by atoms with Crippen molar-refractivity contribution in [3.63, 3.8) is 0 Å². The van der Waals surface area contributed by atoms with Crippen LogP contribution < -0.4 is 5.32 Å². The van der Waals surface area contributed by atoms with Crippen LogP contribution in [0.25, 0.3) is 0 Å². The van der Waals surface area contributed by atoms with E-state index in [2.05, 4.69) is 20.1 Å². The molecule has 0 aliphatic carbocycles. The number of rotatable bonds is 4. The van der Waals surface area contributed by atoms with E-state index in [4.69, 9.17) is 4.74 Å². The van der Waals surface area contributed by atoms with E-state index in [0.717, 1.165) is 31.2 Å². The molecule has 1 N–H and O–H groups in total. The fourth-order valence-corrected chi connectivity index (χ4v) is 2.02. The Morgan fingerprint density at radius 1 is 1.53 bits per heavy atom. The summed E-state index contributed by atoms with van der Waals surface area (Å²) in [5, 5.41) is 11.8. The molecule has 1 aromatic rings. The van der Waals surface area contributed by atoms with E-state index >= 15 is 0 Å². The highest BCUT2D eigenvalue weighted by Crippen LogP contribution is 2.21. The van der Waals surface area contributed by atoms with Crippen LogP contribution in [0.2, 0.25) is 0 Å². The Labute approximate surface area is 89.8 Å². The molecule has 1 aliphatic rings. The number of nitrogens with zero attached hydrogens (tertiary/aromatic N) is 3. The van der Waals surface area contributed by atoms with Gasteiger partial charge in [-0.3, -0.25) is 0 Å². The van der Waals surface area contributed by atoms with Crippen molar-refractivity contribution in [3.8, 4) is 0 Å². The van der Waals surface area contributed by atoms with Crippen LogP contribution in [0.1, 0.15) is 30.5 Å². The van der Waals surface area contributed by atoms with Crippen LogP contribution in [-0.2, 0) is 11.3 Å². The summed E-state index contributed by atoms with van der Waals surface area (Å²) in [6, 6.07) is 0.378. The van der Waals surface area contributed by atoms with Crippen LogP contribution in [0.15, 0.2) is 0 Å². The van der Waals surface area contributed by atoms with Gasteiger partial charge >= 0.3 is 0 Å². The fourth-order valence-electron chi connectivity index (χ4n) is 2.02. The van der Waals surface area contributed by atoms with Crippen LogP contribution in [0.5, 0.6) is 0 Å². The van der Waals surface area contributed by atoms with Gasteiger partial charge in [-0.05, 0) is 26.3 Å². The fraction of sp³-hybridized carbons (Fsp3) is 0.800. The maximum Gasteiger partial charge on any atom is 0.150 e. The first kappa shape index (κ1) is 10.6. The molecule has 1 aliphatic heterocycles. The van der Waals surface area contributed by atoms with Gasteiger partial charge in [-0.15, -0.1) is 10.2 Å². The molecule has 1 aromatic heterocycles. The molecule has 1 saturated heterocycles. The number of hydrogen-bond donors (Lipinski definition) is 1. The molecule has 0 aromatic carbocycles. The van der Waals surface area contributed by atoms with Crippen LogP contribution in [0.4, 0.5) is 0 Å². The zero-order chi connectivity index (χ0) is 10.7. The quantitative estimate of drug-likeness (QED) is 0.793. The van der Waals surface area contributed by atoms with Crippen molar-refractivity contribution < 1.29 is 4.74 Å². The molecule has 1 atom stereocenters. The molecule has 0 amide bonds. The zero-order valence-electron chi connectivity index (χ0n) is 9.36. The summed E-state index contributed by atoms with van der Waals surface area (Å²) in [4.78, 5) is 0. The summed E-state index contributed by atoms with van der Waals surface area (Å²) in [7, 11) is 1.72. The molecule has 0 radical (unpaired) electrons. The molecule has 0 saturated carbocycles. The molecular formula is C10H18N4O. The topological polar surface area (TPSA) is 52.0 Å². The SMILES string of the molecule is COCCn1c(C)nnc1C1CCCN1. The van der Waals surface area contributed by atoms with Crippen LogP contribution in [0, 0.1) is 6.92 Å². The second-order valence-corrected chi connectivity index (χ2v) is 3.90. The van der Waals surface area contributed by atoms with Gasteiger partial charge < -0.3 is 14.6 Å². The van der Waals surface area contributed by atoms with Gasteiger partial charge in [-0.25, -0.2) is 0 Å². The maximum absolute atomic E-state index is 5.09. The van der Waals surface area contributed by atoms with Crippen molar-refractivity contribution >= 4 is 0 Å². The second-order valence-electron chi connectivity index (χ2n) is 3.90. The van der Waals surface area contributed by atoms with E-state index in [0.29, 0.717) is 12.6 Å². The van der Waals surface area contributed by atoms with E-state index in [1.54, 1.807) is 7.11 Å². The maximum atomic E-state index is 5.09. The largest absolute Gasteiger partial charge is 0.383 e. The average molecular weight is 210 g/mol. The predicted molar refractivity (Wildman–Crippen MR) is 56.6 cm³/mol. The lowest BCUT2D eigenvalue weighted by atomic mass is 10.2. The molecule has 5 heteroatoms. The van der Waals surface area contributed by atoms with Gasteiger partial charge in [-0.1, -0.05) is 0 Å². The van der Waals surface area contributed by atoms with E-state index < -0.39 is 0 Å². The normalized spacial score (nSPS) is 21.1. The number of ether oxygens (including phenoxy) is 1. The van der Waals surface area contributed by atoms with Crippen molar-refractivity contribution in [2.75, 3.05) is 20.3 Å². The van der Waals surface area contributed by atoms with Gasteiger partial charge in [0, 0.05) is 13.7 Å². The molecule has 15 heavy (non-hydrogen) atoms. The van der Waals surface area contributed by atoms with Crippen molar-refractivity contribution in [3.05, 3.63) is 11.6 Å². The highest BCUT2D eigenvalue weighted by molar-refractivity contribution is 5.02. The molecule has 0 bridgehead atoms. The first-order chi connectivity index (χ1) is 7.33. The van der Waals surface area contributed by atoms with Gasteiger partial charge in [0.15, 0.2) is 0 Å². The molecule has 2 rings (SSSR count). The third-order valence-electron chi connectivity index (χ3n) is 2.86. The van der Waals surface area contributed by atoms with Crippen molar-refractivity contribution in [1.82, 2.24) is 20.1 Å². The van der Waals surface area contributed by atoms with Crippen LogP contribution >= 0.6 is 0 Å². The third-order valence-corrected chi connectivity index (χ3v) is 2.86. The van der Waals surface area contributed by atoms with Gasteiger partial charge in [-0.2, -0.15) is 0 Å². The average Bonchev–Trinajstić information content (AvgIpc) is 2.84. The smallest absolute Gasteiger partial charge is 0.150 e. The monoisotopic (exact) mass is 210 g/mol. The molecule has 1 fully saturated rings. The van der Waals surface area contributed by atoms with Crippen molar-refractivity contribution in [2.24, 2.45) is 0 Å². The minimum absolute atomic E-state index is 0.378. The Morgan fingerprint density at radius 3 is 3.07 bits per heavy atom. The standard InChI is InChI=1S/C10H18N4O/c1-8-12-13-10(9-4-3-5-11-9)14(8)6-7-15-2/h9,11H,3-7H2,1-2H3. The molecular weight excluding hydrogens is 192 g/mol. The Balaban J connectivity index is 2.14. The summed E-state index contributed by atoms with van der Waals surface area (Å²) in [5.41, 5.74) is 0. The van der Waals surface area contributed by atoms with E-state index in [-0.39, 0.29) is 0 Å². The summed E-state index contributed by atoms with van der Waals surface area (Å²) in [6.45, 7) is 4.61. The Morgan fingerprint density at radius 2 is 2.40 bits per heavy atom.